The van der Waals surface area contributed by atoms with Gasteiger partial charge in [0.15, 0.2) is 5.92 Å². The van der Waals surface area contributed by atoms with Crippen LogP contribution in [0.25, 0.3) is 0 Å². The molecule has 2 aliphatic heterocycles. The summed E-state index contributed by atoms with van der Waals surface area (Å²) in [5.74, 6) is -1.70. The van der Waals surface area contributed by atoms with E-state index in [9.17, 15) is 14.9 Å². The van der Waals surface area contributed by atoms with Crippen LogP contribution in [0.3, 0.4) is 0 Å². The fourth-order valence-electron chi connectivity index (χ4n) is 4.32. The number of thioether (sulfide) groups is 1. The summed E-state index contributed by atoms with van der Waals surface area (Å²) in [6.45, 7) is 9.77. The van der Waals surface area contributed by atoms with Crippen LogP contribution in [-0.4, -0.2) is 71.6 Å². The molecule has 0 aliphatic carbocycles. The zero-order valence-electron chi connectivity index (χ0n) is 19.4. The summed E-state index contributed by atoms with van der Waals surface area (Å²) in [6, 6.07) is 10.4. The Kier molecular flexibility index (Phi) is 9.64. The quantitative estimate of drug-likeness (QED) is 0.389. The molecule has 1 amide bonds. The van der Waals surface area contributed by atoms with Crippen LogP contribution in [0.2, 0.25) is 0 Å². The number of carbonyl (C=O) groups is 2. The number of benzene rings is 1. The number of ether oxygens (including phenoxy) is 1. The zero-order valence-corrected chi connectivity index (χ0v) is 20.2. The highest BCUT2D eigenvalue weighted by molar-refractivity contribution is 8.01. The lowest BCUT2D eigenvalue weighted by Crippen LogP contribution is -2.41. The average molecular weight is 473 g/mol. The summed E-state index contributed by atoms with van der Waals surface area (Å²) in [6.07, 6.45) is 6.40. The molecule has 2 fully saturated rings. The first-order valence-corrected chi connectivity index (χ1v) is 12.7. The summed E-state index contributed by atoms with van der Waals surface area (Å²) in [5, 5.41) is 12.1. The highest BCUT2D eigenvalue weighted by atomic mass is 32.2. The zero-order chi connectivity index (χ0) is 23.6. The smallest absolute Gasteiger partial charge is 0.326 e. The summed E-state index contributed by atoms with van der Waals surface area (Å²) in [5.41, 5.74) is 2.26. The second kappa shape index (κ2) is 12.7. The number of nitrogens with zero attached hydrogens (tertiary/aromatic N) is 3. The third-order valence-electron chi connectivity index (χ3n) is 6.12. The number of hydrogen-bond donors (Lipinski definition) is 1. The summed E-state index contributed by atoms with van der Waals surface area (Å²) in [7, 11) is 0. The van der Waals surface area contributed by atoms with Gasteiger partial charge in [0.05, 0.1) is 6.07 Å². The standard InChI is InChI=1S/C25H34N4O3S.H2/c1-3-15-32-25(31)21(17-26)24-29(4-2)23(30)22(33-24)18-27-20-10-8-9-19(16-20)11-14-28-12-6-5-7-13-28;/h3,8-10,16,21-22,24,27H,1,4-7,11-15,18H2,2H3;1H. The number of piperidine rings is 1. The molecule has 3 atom stereocenters. The number of likely N-dealkylation sites (tertiary alicyclic amines) is 1. The van der Waals surface area contributed by atoms with Gasteiger partial charge in [0.25, 0.3) is 0 Å². The van der Waals surface area contributed by atoms with Crippen molar-refractivity contribution in [2.45, 2.75) is 43.2 Å². The predicted molar refractivity (Wildman–Crippen MR) is 134 cm³/mol. The number of nitriles is 1. The molecule has 1 N–H and O–H groups in total. The molecule has 2 aliphatic rings. The van der Waals surface area contributed by atoms with Crippen LogP contribution < -0.4 is 5.32 Å². The van der Waals surface area contributed by atoms with Crippen molar-refractivity contribution >= 4 is 29.3 Å². The Balaban J connectivity index is 0.00000408. The van der Waals surface area contributed by atoms with Crippen molar-refractivity contribution in [3.63, 3.8) is 0 Å². The van der Waals surface area contributed by atoms with Crippen molar-refractivity contribution in [3.8, 4) is 6.07 Å². The third kappa shape index (κ3) is 6.75. The van der Waals surface area contributed by atoms with E-state index in [0.717, 1.165) is 18.7 Å². The van der Waals surface area contributed by atoms with E-state index in [1.165, 1.54) is 55.8 Å². The van der Waals surface area contributed by atoms with Gasteiger partial charge in [0.1, 0.15) is 17.2 Å². The van der Waals surface area contributed by atoms with E-state index in [-0.39, 0.29) is 19.2 Å². The molecule has 8 heteroatoms. The van der Waals surface area contributed by atoms with E-state index in [1.807, 2.05) is 25.1 Å². The highest BCUT2D eigenvalue weighted by Gasteiger charge is 2.46. The van der Waals surface area contributed by atoms with Crippen LogP contribution in [0.15, 0.2) is 36.9 Å². The summed E-state index contributed by atoms with van der Waals surface area (Å²) < 4.78 is 5.08. The van der Waals surface area contributed by atoms with Gasteiger partial charge in [0, 0.05) is 26.7 Å². The topological polar surface area (TPSA) is 85.7 Å². The lowest BCUT2D eigenvalue weighted by Gasteiger charge is -2.26. The van der Waals surface area contributed by atoms with Gasteiger partial charge in [0.2, 0.25) is 5.91 Å². The highest BCUT2D eigenvalue weighted by Crippen LogP contribution is 2.36. The van der Waals surface area contributed by atoms with Gasteiger partial charge in [-0.1, -0.05) is 31.2 Å². The van der Waals surface area contributed by atoms with E-state index < -0.39 is 17.3 Å². The molecule has 0 radical (unpaired) electrons. The molecular weight excluding hydrogens is 436 g/mol. The number of esters is 1. The summed E-state index contributed by atoms with van der Waals surface area (Å²) >= 11 is 1.36. The monoisotopic (exact) mass is 472 g/mol. The Morgan fingerprint density at radius 3 is 2.91 bits per heavy atom. The van der Waals surface area contributed by atoms with E-state index in [2.05, 4.69) is 28.9 Å². The first-order chi connectivity index (χ1) is 16.1. The van der Waals surface area contributed by atoms with E-state index in [0.29, 0.717) is 13.1 Å². The van der Waals surface area contributed by atoms with Gasteiger partial charge in [-0.05, 0) is 57.0 Å². The van der Waals surface area contributed by atoms with Gasteiger partial charge < -0.3 is 19.9 Å². The van der Waals surface area contributed by atoms with Gasteiger partial charge in [-0.3, -0.25) is 9.59 Å². The Morgan fingerprint density at radius 1 is 1.42 bits per heavy atom. The molecule has 33 heavy (non-hydrogen) atoms. The first kappa shape index (κ1) is 25.1. The van der Waals surface area contributed by atoms with Crippen molar-refractivity contribution in [2.24, 2.45) is 5.92 Å². The second-order valence-electron chi connectivity index (χ2n) is 8.40. The molecule has 3 unspecified atom stereocenters. The Bertz CT molecular complexity index is 872. The minimum absolute atomic E-state index is 0. The Morgan fingerprint density at radius 2 is 2.21 bits per heavy atom. The van der Waals surface area contributed by atoms with E-state index in [1.54, 1.807) is 4.90 Å². The molecule has 7 nitrogen and oxygen atoms in total. The van der Waals surface area contributed by atoms with Crippen molar-refractivity contribution < 1.29 is 15.8 Å². The van der Waals surface area contributed by atoms with Crippen molar-refractivity contribution in [1.29, 1.82) is 5.26 Å². The minimum Gasteiger partial charge on any atom is -0.460 e. The number of amides is 1. The maximum Gasteiger partial charge on any atom is 0.326 e. The lowest BCUT2D eigenvalue weighted by atomic mass is 10.1. The normalized spacial score (nSPS) is 21.9. The van der Waals surface area contributed by atoms with Crippen LogP contribution in [0.5, 0.6) is 0 Å². The molecule has 2 heterocycles. The molecule has 1 aromatic rings. The molecule has 0 saturated carbocycles. The molecule has 3 rings (SSSR count). The number of nitrogens with one attached hydrogen (secondary N) is 1. The second-order valence-corrected chi connectivity index (χ2v) is 9.72. The van der Waals surface area contributed by atoms with E-state index in [4.69, 9.17) is 4.74 Å². The number of rotatable bonds is 11. The molecule has 2 saturated heterocycles. The largest absolute Gasteiger partial charge is 0.460 e. The molecule has 1 aromatic carbocycles. The molecule has 0 aromatic heterocycles. The van der Waals surface area contributed by atoms with Crippen LogP contribution >= 0.6 is 11.8 Å². The van der Waals surface area contributed by atoms with Crippen molar-refractivity contribution in [1.82, 2.24) is 9.80 Å². The first-order valence-electron chi connectivity index (χ1n) is 11.8. The predicted octanol–water partition coefficient (Wildman–Crippen LogP) is 3.53. The maximum atomic E-state index is 13.0. The average Bonchev–Trinajstić information content (AvgIpc) is 3.16. The fraction of sp³-hybridized carbons (Fsp3) is 0.560. The molecular formula is C25H36N4O3S. The lowest BCUT2D eigenvalue weighted by molar-refractivity contribution is -0.146. The van der Waals surface area contributed by atoms with Gasteiger partial charge in [-0.25, -0.2) is 0 Å². The molecule has 0 spiro atoms. The van der Waals surface area contributed by atoms with Crippen molar-refractivity contribution in [3.05, 3.63) is 42.5 Å². The van der Waals surface area contributed by atoms with Crippen LogP contribution in [-0.2, 0) is 20.7 Å². The van der Waals surface area contributed by atoms with Gasteiger partial charge in [-0.2, -0.15) is 5.26 Å². The van der Waals surface area contributed by atoms with Gasteiger partial charge in [-0.15, -0.1) is 11.8 Å². The Hall–Kier alpha value is -2.50. The Labute approximate surface area is 202 Å². The van der Waals surface area contributed by atoms with Gasteiger partial charge >= 0.3 is 5.97 Å². The number of hydrogen-bond acceptors (Lipinski definition) is 7. The summed E-state index contributed by atoms with van der Waals surface area (Å²) in [4.78, 5) is 29.4. The fourth-order valence-corrected chi connectivity index (χ4v) is 5.82. The van der Waals surface area contributed by atoms with Crippen LogP contribution in [0.4, 0.5) is 5.69 Å². The number of anilines is 1. The van der Waals surface area contributed by atoms with Crippen molar-refractivity contribution in [2.75, 3.05) is 44.6 Å². The third-order valence-corrected chi connectivity index (χ3v) is 7.62. The maximum absolute atomic E-state index is 13.0. The SMILES string of the molecule is C=CCOC(=O)C(C#N)C1SC(CNc2cccc(CCN3CCCCC3)c2)C(=O)N1CC.[HH]. The molecule has 180 valence electrons. The molecule has 0 bridgehead atoms. The minimum atomic E-state index is -1.03. The van der Waals surface area contributed by atoms with Crippen LogP contribution in [0, 0.1) is 17.2 Å². The number of carbonyl (C=O) groups excluding carboxylic acids is 2. The van der Waals surface area contributed by atoms with E-state index >= 15 is 0 Å². The van der Waals surface area contributed by atoms with Crippen LogP contribution in [0.1, 0.15) is 33.2 Å².